The van der Waals surface area contributed by atoms with Gasteiger partial charge in [-0.1, -0.05) is 11.9 Å². The molecular weight excluding hydrogens is 176 g/mol. The van der Waals surface area contributed by atoms with Crippen molar-refractivity contribution in [1.82, 2.24) is 9.55 Å². The van der Waals surface area contributed by atoms with Crippen molar-refractivity contribution in [3.8, 4) is 0 Å². The molecule has 0 aliphatic carbocycles. The molecule has 3 N–H and O–H groups in total. The first-order valence-electron chi connectivity index (χ1n) is 3.68. The molecule has 0 saturated heterocycles. The van der Waals surface area contributed by atoms with Gasteiger partial charge in [0, 0.05) is 6.42 Å². The van der Waals surface area contributed by atoms with E-state index < -0.39 is 16.7 Å². The molecule has 1 atom stereocenters. The van der Waals surface area contributed by atoms with E-state index in [-0.39, 0.29) is 6.42 Å². The molecule has 0 aliphatic heterocycles. The summed E-state index contributed by atoms with van der Waals surface area (Å²) in [5.74, 6) is -2.22. The van der Waals surface area contributed by atoms with E-state index in [0.717, 1.165) is 4.57 Å². The standard InChI is InChI=1S/C6H10N4O3/c1-2-6(7,11)9-4-3-8-5(9)10(12)13/h3-4,11H,2,7H2,1H3. The molecule has 7 nitrogen and oxygen atoms in total. The summed E-state index contributed by atoms with van der Waals surface area (Å²) < 4.78 is 0.924. The van der Waals surface area contributed by atoms with Gasteiger partial charge in [-0.3, -0.25) is 5.73 Å². The fourth-order valence-electron chi connectivity index (χ4n) is 0.903. The quantitative estimate of drug-likeness (QED) is 0.385. The van der Waals surface area contributed by atoms with Gasteiger partial charge in [-0.05, 0) is 4.92 Å². The first-order chi connectivity index (χ1) is 5.99. The summed E-state index contributed by atoms with van der Waals surface area (Å²) in [6, 6.07) is 0. The Hall–Kier alpha value is -1.47. The molecule has 1 unspecified atom stereocenters. The second-order valence-corrected chi connectivity index (χ2v) is 2.59. The molecule has 0 amide bonds. The number of nitrogens with zero attached hydrogens (tertiary/aromatic N) is 3. The smallest absolute Gasteiger partial charge is 0.390 e. The van der Waals surface area contributed by atoms with Gasteiger partial charge in [-0.25, -0.2) is 0 Å². The van der Waals surface area contributed by atoms with Crippen molar-refractivity contribution in [1.29, 1.82) is 0 Å². The van der Waals surface area contributed by atoms with Gasteiger partial charge in [0.25, 0.3) is 0 Å². The highest BCUT2D eigenvalue weighted by molar-refractivity contribution is 5.09. The summed E-state index contributed by atoms with van der Waals surface area (Å²) in [5, 5.41) is 19.9. The number of hydrogen-bond acceptors (Lipinski definition) is 5. The highest BCUT2D eigenvalue weighted by Gasteiger charge is 2.31. The van der Waals surface area contributed by atoms with Crippen molar-refractivity contribution in [2.45, 2.75) is 19.2 Å². The number of nitrogens with two attached hydrogens (primary N) is 1. The SMILES string of the molecule is CCC(N)(O)n1ccnc1[N+](=O)[O-]. The predicted molar refractivity (Wildman–Crippen MR) is 43.6 cm³/mol. The van der Waals surface area contributed by atoms with E-state index in [0.29, 0.717) is 0 Å². The Morgan fingerprint density at radius 2 is 2.54 bits per heavy atom. The van der Waals surface area contributed by atoms with Crippen molar-refractivity contribution in [3.05, 3.63) is 22.5 Å². The molecule has 1 aromatic heterocycles. The third-order valence-electron chi connectivity index (χ3n) is 1.72. The molecule has 0 spiro atoms. The highest BCUT2D eigenvalue weighted by atomic mass is 16.6. The van der Waals surface area contributed by atoms with Crippen LogP contribution in [0, 0.1) is 10.1 Å². The van der Waals surface area contributed by atoms with E-state index in [1.54, 1.807) is 6.92 Å². The lowest BCUT2D eigenvalue weighted by molar-refractivity contribution is -0.400. The van der Waals surface area contributed by atoms with Gasteiger partial charge in [-0.2, -0.15) is 4.57 Å². The van der Waals surface area contributed by atoms with Crippen LogP contribution in [0.15, 0.2) is 12.4 Å². The van der Waals surface area contributed by atoms with Crippen molar-refractivity contribution in [2.75, 3.05) is 0 Å². The molecule has 0 radical (unpaired) electrons. The van der Waals surface area contributed by atoms with Crippen LogP contribution in [0.4, 0.5) is 5.95 Å². The number of rotatable bonds is 3. The Kier molecular flexibility index (Phi) is 2.30. The molecule has 0 saturated carbocycles. The number of imidazole rings is 1. The first-order valence-corrected chi connectivity index (χ1v) is 3.68. The van der Waals surface area contributed by atoms with Gasteiger partial charge in [0.2, 0.25) is 5.85 Å². The van der Waals surface area contributed by atoms with Crippen molar-refractivity contribution in [2.24, 2.45) is 5.73 Å². The third-order valence-corrected chi connectivity index (χ3v) is 1.72. The van der Waals surface area contributed by atoms with E-state index in [1.165, 1.54) is 12.4 Å². The summed E-state index contributed by atoms with van der Waals surface area (Å²) in [4.78, 5) is 13.2. The molecule has 0 bridgehead atoms. The maximum atomic E-state index is 10.4. The zero-order valence-corrected chi connectivity index (χ0v) is 7.04. The molecule has 1 heterocycles. The maximum Gasteiger partial charge on any atom is 0.438 e. The molecule has 0 aromatic carbocycles. The van der Waals surface area contributed by atoms with Crippen LogP contribution in [0.3, 0.4) is 0 Å². The van der Waals surface area contributed by atoms with Crippen LogP contribution in [0.25, 0.3) is 0 Å². The summed E-state index contributed by atoms with van der Waals surface area (Å²) in [7, 11) is 0. The average molecular weight is 186 g/mol. The van der Waals surface area contributed by atoms with Crippen LogP contribution in [-0.2, 0) is 5.85 Å². The predicted octanol–water partition coefficient (Wildman–Crippen LogP) is -0.237. The summed E-state index contributed by atoms with van der Waals surface area (Å²) in [6.45, 7) is 1.61. The van der Waals surface area contributed by atoms with Crippen LogP contribution >= 0.6 is 0 Å². The third kappa shape index (κ3) is 1.65. The molecule has 1 aromatic rings. The fourth-order valence-corrected chi connectivity index (χ4v) is 0.903. The van der Waals surface area contributed by atoms with Crippen molar-refractivity contribution < 1.29 is 10.0 Å². The van der Waals surface area contributed by atoms with Crippen LogP contribution in [0.2, 0.25) is 0 Å². The fraction of sp³-hybridized carbons (Fsp3) is 0.500. The molecule has 72 valence electrons. The van der Waals surface area contributed by atoms with E-state index in [9.17, 15) is 15.2 Å². The maximum absolute atomic E-state index is 10.4. The van der Waals surface area contributed by atoms with Gasteiger partial charge in [0.1, 0.15) is 12.4 Å². The van der Waals surface area contributed by atoms with Gasteiger partial charge in [-0.15, -0.1) is 0 Å². The largest absolute Gasteiger partial charge is 0.438 e. The zero-order valence-electron chi connectivity index (χ0n) is 7.04. The summed E-state index contributed by atoms with van der Waals surface area (Å²) in [6.07, 6.45) is 2.64. The molecule has 1 rings (SSSR count). The summed E-state index contributed by atoms with van der Waals surface area (Å²) >= 11 is 0. The molecule has 13 heavy (non-hydrogen) atoms. The lowest BCUT2D eigenvalue weighted by Gasteiger charge is -2.18. The van der Waals surface area contributed by atoms with Gasteiger partial charge >= 0.3 is 5.95 Å². The van der Waals surface area contributed by atoms with Gasteiger partial charge in [0.05, 0.1) is 0 Å². The lowest BCUT2D eigenvalue weighted by atomic mass is 10.3. The van der Waals surface area contributed by atoms with E-state index in [4.69, 9.17) is 5.73 Å². The van der Waals surface area contributed by atoms with E-state index in [1.807, 2.05) is 0 Å². The van der Waals surface area contributed by atoms with Crippen molar-refractivity contribution in [3.63, 3.8) is 0 Å². The zero-order chi connectivity index (χ0) is 10.1. The first kappa shape index (κ1) is 9.62. The van der Waals surface area contributed by atoms with Crippen LogP contribution in [-0.4, -0.2) is 19.6 Å². The van der Waals surface area contributed by atoms with Crippen molar-refractivity contribution >= 4 is 5.95 Å². The Morgan fingerprint density at radius 1 is 1.92 bits per heavy atom. The minimum Gasteiger partial charge on any atom is -0.390 e. The van der Waals surface area contributed by atoms with Crippen LogP contribution in [0.5, 0.6) is 0 Å². The minimum absolute atomic E-state index is 0.157. The Morgan fingerprint density at radius 3 is 3.00 bits per heavy atom. The van der Waals surface area contributed by atoms with Crippen LogP contribution in [0.1, 0.15) is 13.3 Å². The number of nitro groups is 1. The highest BCUT2D eigenvalue weighted by Crippen LogP contribution is 2.17. The Bertz CT molecular complexity index is 319. The molecule has 7 heteroatoms. The molecular formula is C6H10N4O3. The second-order valence-electron chi connectivity index (χ2n) is 2.59. The van der Waals surface area contributed by atoms with Crippen LogP contribution < -0.4 is 5.73 Å². The lowest BCUT2D eigenvalue weighted by Crippen LogP contribution is -2.42. The monoisotopic (exact) mass is 186 g/mol. The number of aliphatic hydroxyl groups is 1. The Balaban J connectivity index is 3.14. The Labute approximate surface area is 74.0 Å². The second kappa shape index (κ2) is 3.11. The average Bonchev–Trinajstić information content (AvgIpc) is 2.52. The number of hydrogen-bond donors (Lipinski definition) is 2. The molecule has 0 aliphatic rings. The normalized spacial score (nSPS) is 15.3. The number of aromatic nitrogens is 2. The van der Waals surface area contributed by atoms with Gasteiger partial charge < -0.3 is 15.2 Å². The molecule has 0 fully saturated rings. The van der Waals surface area contributed by atoms with E-state index in [2.05, 4.69) is 4.98 Å². The summed E-state index contributed by atoms with van der Waals surface area (Å²) in [5.41, 5.74) is 5.39. The minimum atomic E-state index is -1.75. The topological polar surface area (TPSA) is 107 Å². The van der Waals surface area contributed by atoms with E-state index >= 15 is 0 Å². The van der Waals surface area contributed by atoms with Gasteiger partial charge in [0.15, 0.2) is 0 Å².